The van der Waals surface area contributed by atoms with Crippen LogP contribution in [0.1, 0.15) is 38.2 Å². The second-order valence-corrected chi connectivity index (χ2v) is 8.23. The number of aromatic hydroxyl groups is 1. The SMILES string of the molecule is CSC(N)=NN=Cc1cc(C)cc(/C=N/N=C(\N=C\c2cc(C)c(C=O)cc2O)SC)c1[O-].[Cu+].[Cu]. The van der Waals surface area contributed by atoms with Crippen molar-refractivity contribution in [2.75, 3.05) is 12.5 Å². The Morgan fingerprint density at radius 2 is 1.54 bits per heavy atom. The number of thioether (sulfide) groups is 2. The molecule has 9 nitrogen and oxygen atoms in total. The fraction of sp³-hybridized carbons (Fsp3) is 0.182. The third-order valence-electron chi connectivity index (χ3n) is 4.23. The van der Waals surface area contributed by atoms with Crippen molar-refractivity contribution in [3.63, 3.8) is 0 Å². The number of amidine groups is 2. The summed E-state index contributed by atoms with van der Waals surface area (Å²) >= 11 is 2.49. The minimum atomic E-state index is -0.272. The summed E-state index contributed by atoms with van der Waals surface area (Å²) in [7, 11) is 0. The second-order valence-electron chi connectivity index (χ2n) is 6.63. The number of hydrogen-bond acceptors (Lipinski definition) is 9. The molecular formula is C22H23Cu2N6O3S2. The number of phenolic OH excluding ortho intramolecular Hbond substituents is 1. The third-order valence-corrected chi connectivity index (χ3v) is 5.28. The van der Waals surface area contributed by atoms with Gasteiger partial charge in [0.1, 0.15) is 12.0 Å². The summed E-state index contributed by atoms with van der Waals surface area (Å²) in [5.41, 5.74) is 8.67. The van der Waals surface area contributed by atoms with Gasteiger partial charge in [-0.3, -0.25) is 4.79 Å². The van der Waals surface area contributed by atoms with Crippen LogP contribution in [-0.2, 0) is 34.1 Å². The Balaban J connectivity index is 0.00000578. The van der Waals surface area contributed by atoms with Crippen LogP contribution < -0.4 is 10.8 Å². The van der Waals surface area contributed by atoms with Crippen molar-refractivity contribution in [3.05, 3.63) is 57.6 Å². The molecule has 0 fully saturated rings. The molecule has 3 N–H and O–H groups in total. The van der Waals surface area contributed by atoms with Crippen molar-refractivity contribution in [3.8, 4) is 11.5 Å². The van der Waals surface area contributed by atoms with Crippen LogP contribution in [0.2, 0.25) is 0 Å². The number of rotatable bonds is 6. The molecule has 2 aromatic rings. The van der Waals surface area contributed by atoms with Crippen LogP contribution in [0.4, 0.5) is 0 Å². The monoisotopic (exact) mass is 609 g/mol. The Kier molecular flexibility index (Phi) is 15.2. The minimum absolute atomic E-state index is 0. The summed E-state index contributed by atoms with van der Waals surface area (Å²) in [6.07, 6.45) is 8.35. The molecule has 0 aliphatic carbocycles. The van der Waals surface area contributed by atoms with Crippen LogP contribution >= 0.6 is 23.5 Å². The van der Waals surface area contributed by atoms with Gasteiger partial charge < -0.3 is 15.9 Å². The van der Waals surface area contributed by atoms with E-state index in [2.05, 4.69) is 25.4 Å². The zero-order chi connectivity index (χ0) is 24.4. The molecule has 0 aliphatic rings. The first-order chi connectivity index (χ1) is 15.8. The summed E-state index contributed by atoms with van der Waals surface area (Å²) in [6, 6.07) is 6.42. The van der Waals surface area contributed by atoms with E-state index >= 15 is 0 Å². The number of hydrogen-bond donors (Lipinski definition) is 2. The van der Waals surface area contributed by atoms with E-state index in [0.717, 1.165) is 5.56 Å². The number of phenols is 1. The van der Waals surface area contributed by atoms with Crippen molar-refractivity contribution in [1.29, 1.82) is 0 Å². The third kappa shape index (κ3) is 10.0. The Bertz CT molecular complexity index is 1180. The van der Waals surface area contributed by atoms with Gasteiger partial charge in [0.25, 0.3) is 0 Å². The molecule has 13 heteroatoms. The van der Waals surface area contributed by atoms with Crippen molar-refractivity contribution in [2.24, 2.45) is 31.1 Å². The number of nitrogens with two attached hydrogens (primary N) is 1. The van der Waals surface area contributed by atoms with Crippen molar-refractivity contribution in [1.82, 2.24) is 0 Å². The Hall–Kier alpha value is -2.40. The van der Waals surface area contributed by atoms with Crippen molar-refractivity contribution >= 4 is 58.8 Å². The summed E-state index contributed by atoms with van der Waals surface area (Å²) in [4.78, 5) is 15.2. The molecule has 0 heterocycles. The molecule has 0 aromatic heterocycles. The van der Waals surface area contributed by atoms with E-state index < -0.39 is 0 Å². The molecule has 2 aromatic carbocycles. The number of aldehydes is 1. The number of benzene rings is 2. The van der Waals surface area contributed by atoms with Crippen molar-refractivity contribution < 1.29 is 49.1 Å². The average Bonchev–Trinajstić information content (AvgIpc) is 2.80. The van der Waals surface area contributed by atoms with Gasteiger partial charge in [-0.15, -0.1) is 10.2 Å². The largest absolute Gasteiger partial charge is 1.00 e. The van der Waals surface area contributed by atoms with E-state index in [-0.39, 0.29) is 50.8 Å². The Morgan fingerprint density at radius 3 is 2.09 bits per heavy atom. The number of carbonyl (C=O) groups excluding carboxylic acids is 1. The van der Waals surface area contributed by atoms with Gasteiger partial charge in [-0.1, -0.05) is 41.4 Å². The fourth-order valence-corrected chi connectivity index (χ4v) is 2.98. The Labute approximate surface area is 233 Å². The number of nitrogens with zero attached hydrogens (tertiary/aromatic N) is 5. The topological polar surface area (TPSA) is 148 Å². The molecular weight excluding hydrogens is 588 g/mol. The maximum absolute atomic E-state index is 12.6. The molecule has 0 atom stereocenters. The molecule has 0 unspecified atom stereocenters. The van der Waals surface area contributed by atoms with Gasteiger partial charge in [0.05, 0.1) is 12.4 Å². The van der Waals surface area contributed by atoms with Gasteiger partial charge in [0.2, 0.25) is 5.17 Å². The molecule has 193 valence electrons. The summed E-state index contributed by atoms with van der Waals surface area (Å²) in [6.45, 7) is 3.61. The standard InChI is InChI=1S/C22H24N6O3S2.2Cu/c1-13-5-16(10-25-27-21(23)32-3)20(31)17(6-13)11-26-28-22(33-4)24-9-15-7-14(2)18(12-29)8-19(15)30;;/h5-12,30-31H,1-4H3,(H2,23,27);;/q;;+1/p-1/b24-9+,25-10?,26-11+,28-22+;;. The van der Waals surface area contributed by atoms with Gasteiger partial charge in [0, 0.05) is 34.4 Å². The summed E-state index contributed by atoms with van der Waals surface area (Å²) in [5.74, 6) is -0.338. The molecule has 35 heavy (non-hydrogen) atoms. The molecule has 0 spiro atoms. The predicted octanol–water partition coefficient (Wildman–Crippen LogP) is 3.07. The molecule has 0 saturated heterocycles. The molecule has 0 bridgehead atoms. The van der Waals surface area contributed by atoms with E-state index in [1.807, 2.05) is 6.92 Å². The van der Waals surface area contributed by atoms with Crippen LogP contribution in [0.15, 0.2) is 49.7 Å². The first-order valence-electron chi connectivity index (χ1n) is 9.49. The van der Waals surface area contributed by atoms with E-state index in [4.69, 9.17) is 5.73 Å². The molecule has 0 aliphatic heterocycles. The van der Waals surface area contributed by atoms with Crippen LogP contribution in [0.5, 0.6) is 11.5 Å². The first-order valence-corrected chi connectivity index (χ1v) is 11.9. The van der Waals surface area contributed by atoms with E-state index in [1.165, 1.54) is 48.2 Å². The zero-order valence-corrected chi connectivity index (χ0v) is 22.6. The molecule has 0 saturated carbocycles. The van der Waals surface area contributed by atoms with Crippen molar-refractivity contribution in [2.45, 2.75) is 13.8 Å². The molecule has 1 radical (unpaired) electrons. The quantitative estimate of drug-likeness (QED) is 0.169. The summed E-state index contributed by atoms with van der Waals surface area (Å²) < 4.78 is 0. The summed E-state index contributed by atoms with van der Waals surface area (Å²) in [5, 5.41) is 38.9. The Morgan fingerprint density at radius 1 is 0.943 bits per heavy atom. The second kappa shape index (κ2) is 16.3. The smallest absolute Gasteiger partial charge is 0.872 e. The van der Waals surface area contributed by atoms with Crippen LogP contribution in [0, 0.1) is 13.8 Å². The average molecular weight is 611 g/mol. The van der Waals surface area contributed by atoms with E-state index in [9.17, 15) is 15.0 Å². The number of aliphatic imine (C=N–C) groups is 1. The predicted molar refractivity (Wildman–Crippen MR) is 138 cm³/mol. The molecule has 0 amide bonds. The number of aryl methyl sites for hydroxylation is 2. The van der Waals surface area contributed by atoms with Gasteiger partial charge in [0.15, 0.2) is 5.17 Å². The zero-order valence-electron chi connectivity index (χ0n) is 19.1. The maximum atomic E-state index is 12.6. The van der Waals surface area contributed by atoms with Crippen LogP contribution in [-0.4, -0.2) is 52.9 Å². The van der Waals surface area contributed by atoms with Gasteiger partial charge >= 0.3 is 17.1 Å². The van der Waals surface area contributed by atoms with E-state index in [1.54, 1.807) is 37.6 Å². The van der Waals surface area contributed by atoms with Gasteiger partial charge in [-0.2, -0.15) is 10.2 Å². The van der Waals surface area contributed by atoms with E-state index in [0.29, 0.717) is 39.3 Å². The first kappa shape index (κ1) is 32.6. The fourth-order valence-electron chi connectivity index (χ4n) is 2.56. The van der Waals surface area contributed by atoms with Crippen LogP contribution in [0.25, 0.3) is 0 Å². The van der Waals surface area contributed by atoms with Gasteiger partial charge in [-0.25, -0.2) is 4.99 Å². The van der Waals surface area contributed by atoms with Crippen LogP contribution in [0.3, 0.4) is 0 Å². The van der Waals surface area contributed by atoms with Gasteiger partial charge in [-0.05, 0) is 60.7 Å². The minimum Gasteiger partial charge on any atom is -0.872 e. The normalized spacial score (nSPS) is 12.2. The maximum Gasteiger partial charge on any atom is 1.00 e. The number of carbonyl (C=O) groups is 1. The molecule has 2 rings (SSSR count).